The zero-order chi connectivity index (χ0) is 40.3. The summed E-state index contributed by atoms with van der Waals surface area (Å²) in [6, 6.07) is 83.0. The standard InChI is InChI=1S/C58H38N2O/c1-2-15-39(16-3-1)40-29-32-43(33-30-40)59(44-34-36-52-51-24-10-13-28-57(51)61-58(52)38-44)54-25-11-8-22-48(54)47-21-7-6-19-45(47)42-31-35-50-49-23-9-12-26-55(49)60(56(50)37-42)53-27-14-18-41-17-4-5-20-46(41)53/h1-38H. The number of para-hydroxylation sites is 3. The number of anilines is 3. The zero-order valence-corrected chi connectivity index (χ0v) is 33.2. The molecule has 0 aliphatic carbocycles. The summed E-state index contributed by atoms with van der Waals surface area (Å²) in [4.78, 5) is 2.37. The molecule has 0 N–H and O–H groups in total. The largest absolute Gasteiger partial charge is 0.456 e. The van der Waals surface area contributed by atoms with Crippen molar-refractivity contribution in [3.8, 4) is 39.1 Å². The van der Waals surface area contributed by atoms with Crippen LogP contribution in [0.1, 0.15) is 0 Å². The van der Waals surface area contributed by atoms with E-state index in [1.54, 1.807) is 0 Å². The predicted octanol–water partition coefficient (Wildman–Crippen LogP) is 16.3. The van der Waals surface area contributed by atoms with Gasteiger partial charge in [-0.3, -0.25) is 0 Å². The third-order valence-corrected chi connectivity index (χ3v) is 12.2. The van der Waals surface area contributed by atoms with Crippen LogP contribution in [0.3, 0.4) is 0 Å². The van der Waals surface area contributed by atoms with E-state index in [1.807, 2.05) is 12.1 Å². The molecule has 12 aromatic rings. The molecule has 3 nitrogen and oxygen atoms in total. The minimum atomic E-state index is 0.859. The lowest BCUT2D eigenvalue weighted by Crippen LogP contribution is -2.11. The molecule has 0 amide bonds. The quantitative estimate of drug-likeness (QED) is 0.161. The smallest absolute Gasteiger partial charge is 0.137 e. The predicted molar refractivity (Wildman–Crippen MR) is 257 cm³/mol. The lowest BCUT2D eigenvalue weighted by Gasteiger charge is -2.28. The molecule has 0 saturated carbocycles. The van der Waals surface area contributed by atoms with Gasteiger partial charge in [0.25, 0.3) is 0 Å². The summed E-state index contributed by atoms with van der Waals surface area (Å²) >= 11 is 0. The number of nitrogens with zero attached hydrogens (tertiary/aromatic N) is 2. The number of hydrogen-bond acceptors (Lipinski definition) is 2. The normalized spacial score (nSPS) is 11.6. The van der Waals surface area contributed by atoms with Crippen LogP contribution >= 0.6 is 0 Å². The molecule has 3 heteroatoms. The fourth-order valence-corrected chi connectivity index (χ4v) is 9.38. The van der Waals surface area contributed by atoms with Crippen LogP contribution < -0.4 is 4.90 Å². The highest BCUT2D eigenvalue weighted by molar-refractivity contribution is 6.12. The van der Waals surface area contributed by atoms with E-state index in [9.17, 15) is 0 Å². The van der Waals surface area contributed by atoms with E-state index in [4.69, 9.17) is 4.42 Å². The number of rotatable bonds is 7. The van der Waals surface area contributed by atoms with Gasteiger partial charge in [0.15, 0.2) is 0 Å². The Morgan fingerprint density at radius 2 is 0.918 bits per heavy atom. The number of fused-ring (bicyclic) bond motifs is 7. The minimum Gasteiger partial charge on any atom is -0.456 e. The van der Waals surface area contributed by atoms with Gasteiger partial charge in [-0.2, -0.15) is 0 Å². The molecule has 0 atom stereocenters. The second-order valence-corrected chi connectivity index (χ2v) is 15.7. The van der Waals surface area contributed by atoms with Crippen LogP contribution in [-0.2, 0) is 0 Å². The van der Waals surface area contributed by atoms with E-state index >= 15 is 0 Å². The van der Waals surface area contributed by atoms with Gasteiger partial charge in [0.05, 0.1) is 22.4 Å². The lowest BCUT2D eigenvalue weighted by molar-refractivity contribution is 0.669. The van der Waals surface area contributed by atoms with Gasteiger partial charge in [-0.1, -0.05) is 170 Å². The van der Waals surface area contributed by atoms with E-state index in [-0.39, 0.29) is 0 Å². The third kappa shape index (κ3) is 5.82. The van der Waals surface area contributed by atoms with E-state index < -0.39 is 0 Å². The monoisotopic (exact) mass is 778 g/mol. The summed E-state index contributed by atoms with van der Waals surface area (Å²) in [6.07, 6.45) is 0. The summed E-state index contributed by atoms with van der Waals surface area (Å²) in [5, 5.41) is 7.15. The summed E-state index contributed by atoms with van der Waals surface area (Å²) < 4.78 is 8.92. The van der Waals surface area contributed by atoms with Crippen molar-refractivity contribution in [3.05, 3.63) is 231 Å². The molecule has 0 aliphatic rings. The van der Waals surface area contributed by atoms with Gasteiger partial charge >= 0.3 is 0 Å². The number of aromatic nitrogens is 1. The first-order valence-corrected chi connectivity index (χ1v) is 20.8. The molecule has 0 saturated heterocycles. The Balaban J connectivity index is 1.05. The molecule has 0 aliphatic heterocycles. The molecule has 286 valence electrons. The highest BCUT2D eigenvalue weighted by Crippen LogP contribution is 2.46. The van der Waals surface area contributed by atoms with Crippen molar-refractivity contribution >= 4 is 71.6 Å². The maximum Gasteiger partial charge on any atom is 0.137 e. The highest BCUT2D eigenvalue weighted by Gasteiger charge is 2.22. The molecular weight excluding hydrogens is 741 g/mol. The fourth-order valence-electron chi connectivity index (χ4n) is 9.38. The zero-order valence-electron chi connectivity index (χ0n) is 33.2. The topological polar surface area (TPSA) is 21.3 Å². The Kier molecular flexibility index (Phi) is 8.17. The first-order chi connectivity index (χ1) is 30.3. The van der Waals surface area contributed by atoms with Crippen molar-refractivity contribution in [2.45, 2.75) is 0 Å². The van der Waals surface area contributed by atoms with Gasteiger partial charge in [0.1, 0.15) is 11.2 Å². The summed E-state index contributed by atoms with van der Waals surface area (Å²) in [5.74, 6) is 0. The molecule has 0 unspecified atom stereocenters. The molecule has 0 spiro atoms. The average Bonchev–Trinajstić information content (AvgIpc) is 3.87. The lowest BCUT2D eigenvalue weighted by atomic mass is 9.92. The minimum absolute atomic E-state index is 0.859. The van der Waals surface area contributed by atoms with E-state index in [2.05, 4.69) is 228 Å². The van der Waals surface area contributed by atoms with Crippen LogP contribution in [0.4, 0.5) is 17.1 Å². The number of furan rings is 1. The third-order valence-electron chi connectivity index (χ3n) is 12.2. The van der Waals surface area contributed by atoms with Crippen molar-refractivity contribution in [1.29, 1.82) is 0 Å². The van der Waals surface area contributed by atoms with Gasteiger partial charge in [-0.15, -0.1) is 0 Å². The first kappa shape index (κ1) is 34.9. The van der Waals surface area contributed by atoms with Crippen LogP contribution in [0.5, 0.6) is 0 Å². The Morgan fingerprint density at radius 1 is 0.328 bits per heavy atom. The molecule has 61 heavy (non-hydrogen) atoms. The fraction of sp³-hybridized carbons (Fsp3) is 0. The SMILES string of the molecule is c1ccc(-c2ccc(N(c3ccc4c(c3)oc3ccccc34)c3ccccc3-c3ccccc3-c3ccc4c5ccccc5n(-c5cccc6ccccc56)c4c3)cc2)cc1. The van der Waals surface area contributed by atoms with Crippen molar-refractivity contribution in [1.82, 2.24) is 4.57 Å². The average molecular weight is 779 g/mol. The first-order valence-electron chi connectivity index (χ1n) is 20.8. The Bertz CT molecular complexity index is 3590. The molecule has 10 aromatic carbocycles. The van der Waals surface area contributed by atoms with Crippen LogP contribution in [0, 0.1) is 0 Å². The summed E-state index contributed by atoms with van der Waals surface area (Å²) in [7, 11) is 0. The maximum atomic E-state index is 6.48. The number of hydrogen-bond donors (Lipinski definition) is 0. The molecular formula is C58H38N2O. The van der Waals surface area contributed by atoms with E-state index in [1.165, 1.54) is 55.0 Å². The Hall–Kier alpha value is -8.14. The van der Waals surface area contributed by atoms with Crippen LogP contribution in [0.25, 0.3) is 93.6 Å². The summed E-state index contributed by atoms with van der Waals surface area (Å²) in [6.45, 7) is 0. The highest BCUT2D eigenvalue weighted by atomic mass is 16.3. The van der Waals surface area contributed by atoms with Crippen LogP contribution in [0.15, 0.2) is 235 Å². The van der Waals surface area contributed by atoms with Crippen molar-refractivity contribution in [3.63, 3.8) is 0 Å². The van der Waals surface area contributed by atoms with Crippen LogP contribution in [0.2, 0.25) is 0 Å². The van der Waals surface area contributed by atoms with Crippen molar-refractivity contribution in [2.24, 2.45) is 0 Å². The van der Waals surface area contributed by atoms with Gasteiger partial charge in [-0.25, -0.2) is 0 Å². The van der Waals surface area contributed by atoms with Gasteiger partial charge in [0.2, 0.25) is 0 Å². The Morgan fingerprint density at radius 3 is 1.79 bits per heavy atom. The maximum absolute atomic E-state index is 6.48. The second-order valence-electron chi connectivity index (χ2n) is 15.7. The van der Waals surface area contributed by atoms with E-state index in [0.29, 0.717) is 0 Å². The van der Waals surface area contributed by atoms with Crippen molar-refractivity contribution < 1.29 is 4.42 Å². The van der Waals surface area contributed by atoms with E-state index in [0.717, 1.165) is 55.7 Å². The molecule has 2 aromatic heterocycles. The molecule has 0 fully saturated rings. The molecule has 2 heterocycles. The second kappa shape index (κ2) is 14.3. The molecule has 12 rings (SSSR count). The van der Waals surface area contributed by atoms with Gasteiger partial charge < -0.3 is 13.9 Å². The Labute approximate surface area is 353 Å². The number of benzene rings is 10. The van der Waals surface area contributed by atoms with Gasteiger partial charge in [-0.05, 0) is 87.8 Å². The molecule has 0 radical (unpaired) electrons. The van der Waals surface area contributed by atoms with Crippen LogP contribution in [-0.4, -0.2) is 4.57 Å². The molecule has 0 bridgehead atoms. The summed E-state index contributed by atoms with van der Waals surface area (Å²) in [5.41, 5.74) is 15.4. The van der Waals surface area contributed by atoms with Crippen molar-refractivity contribution in [2.75, 3.05) is 4.90 Å². The van der Waals surface area contributed by atoms with Gasteiger partial charge in [0, 0.05) is 49.9 Å².